The predicted octanol–water partition coefficient (Wildman–Crippen LogP) is 0.910. The molecule has 0 amide bonds. The molecule has 0 radical (unpaired) electrons. The second-order valence-corrected chi connectivity index (χ2v) is 4.13. The molecule has 4 nitrogen and oxygen atoms in total. The number of rotatable bonds is 2. The topological polar surface area (TPSA) is 69.1 Å². The van der Waals surface area contributed by atoms with Crippen molar-refractivity contribution >= 4 is 23.7 Å². The molecule has 3 N–H and O–H groups in total. The first-order valence-electron chi connectivity index (χ1n) is 5.64. The van der Waals surface area contributed by atoms with E-state index in [0.717, 1.165) is 16.5 Å². The third kappa shape index (κ3) is 1.90. The molecule has 0 saturated heterocycles. The smallest absolute Gasteiger partial charge is 0.422 e. The molecule has 3 rings (SSSR count). The summed E-state index contributed by atoms with van der Waals surface area (Å²) in [6.07, 6.45) is 1.77. The molecule has 5 heteroatoms. The molecule has 0 spiro atoms. The number of H-pyrrole nitrogens is 1. The lowest BCUT2D eigenvalue weighted by molar-refractivity contribution is 0.424. The Morgan fingerprint density at radius 1 is 1.00 bits per heavy atom. The maximum Gasteiger partial charge on any atom is 0.505 e. The summed E-state index contributed by atoms with van der Waals surface area (Å²) in [7, 11) is -1.50. The maximum atomic E-state index is 9.11. The Labute approximate surface area is 104 Å². The Balaban J connectivity index is 2.11. The number of pyridine rings is 1. The lowest BCUT2D eigenvalue weighted by Gasteiger charge is -2.00. The molecule has 0 unspecified atom stereocenters. The molecular weight excluding hydrogens is 227 g/mol. The predicted molar refractivity (Wildman–Crippen MR) is 71.4 cm³/mol. The van der Waals surface area contributed by atoms with Gasteiger partial charge in [0.2, 0.25) is 0 Å². The number of aromatic amines is 1. The molecule has 18 heavy (non-hydrogen) atoms. The summed E-state index contributed by atoms with van der Waals surface area (Å²) in [4.78, 5) is 7.15. The minimum Gasteiger partial charge on any atom is -0.422 e. The van der Waals surface area contributed by atoms with E-state index in [4.69, 9.17) is 10.0 Å². The van der Waals surface area contributed by atoms with Crippen LogP contribution in [0.2, 0.25) is 0 Å². The van der Waals surface area contributed by atoms with E-state index in [1.165, 1.54) is 0 Å². The fourth-order valence-electron chi connectivity index (χ4n) is 1.96. The van der Waals surface area contributed by atoms with E-state index < -0.39 is 7.12 Å². The molecule has 0 atom stereocenters. The van der Waals surface area contributed by atoms with Gasteiger partial charge in [0.05, 0.1) is 0 Å². The summed E-state index contributed by atoms with van der Waals surface area (Å²) in [5.41, 5.74) is 3.08. The van der Waals surface area contributed by atoms with Crippen molar-refractivity contribution in [1.29, 1.82) is 0 Å². The molecule has 88 valence electrons. The highest BCUT2D eigenvalue weighted by molar-refractivity contribution is 6.58. The second kappa shape index (κ2) is 4.29. The van der Waals surface area contributed by atoms with Crippen LogP contribution >= 0.6 is 0 Å². The van der Waals surface area contributed by atoms with Crippen LogP contribution in [0.4, 0.5) is 0 Å². The zero-order chi connectivity index (χ0) is 12.5. The third-order valence-electron chi connectivity index (χ3n) is 2.88. The molecule has 3 aromatic rings. The van der Waals surface area contributed by atoms with Gasteiger partial charge in [-0.05, 0) is 17.7 Å². The highest BCUT2D eigenvalue weighted by Crippen LogP contribution is 2.21. The van der Waals surface area contributed by atoms with E-state index in [0.29, 0.717) is 11.2 Å². The molecule has 0 aliphatic heterocycles. The first kappa shape index (κ1) is 11.0. The van der Waals surface area contributed by atoms with Crippen molar-refractivity contribution in [2.24, 2.45) is 0 Å². The molecule has 0 saturated carbocycles. The van der Waals surface area contributed by atoms with Crippen LogP contribution in [0, 0.1) is 0 Å². The average molecular weight is 238 g/mol. The normalized spacial score (nSPS) is 10.8. The Hall–Kier alpha value is -2.11. The summed E-state index contributed by atoms with van der Waals surface area (Å²) in [6, 6.07) is 13.6. The van der Waals surface area contributed by atoms with E-state index in [-0.39, 0.29) is 0 Å². The largest absolute Gasteiger partial charge is 0.505 e. The Bertz CT molecular complexity index is 680. The highest BCUT2D eigenvalue weighted by atomic mass is 16.4. The summed E-state index contributed by atoms with van der Waals surface area (Å²) >= 11 is 0. The molecule has 2 aromatic heterocycles. The molecule has 0 fully saturated rings. The van der Waals surface area contributed by atoms with Gasteiger partial charge in [-0.3, -0.25) is 0 Å². The van der Waals surface area contributed by atoms with Gasteiger partial charge < -0.3 is 15.0 Å². The van der Waals surface area contributed by atoms with Gasteiger partial charge in [0.15, 0.2) is 0 Å². The summed E-state index contributed by atoms with van der Waals surface area (Å²) < 4.78 is 0. The fourth-order valence-corrected chi connectivity index (χ4v) is 1.96. The quantitative estimate of drug-likeness (QED) is 0.581. The highest BCUT2D eigenvalue weighted by Gasteiger charge is 2.14. The lowest BCUT2D eigenvalue weighted by Crippen LogP contribution is -2.30. The van der Waals surface area contributed by atoms with Gasteiger partial charge in [-0.25, -0.2) is 4.98 Å². The molecule has 2 heterocycles. The van der Waals surface area contributed by atoms with Crippen molar-refractivity contribution in [3.05, 3.63) is 48.7 Å². The van der Waals surface area contributed by atoms with Crippen molar-refractivity contribution in [3.63, 3.8) is 0 Å². The van der Waals surface area contributed by atoms with Crippen molar-refractivity contribution in [2.45, 2.75) is 0 Å². The van der Waals surface area contributed by atoms with Crippen molar-refractivity contribution in [3.8, 4) is 11.1 Å². The van der Waals surface area contributed by atoms with Gasteiger partial charge in [-0.2, -0.15) is 0 Å². The third-order valence-corrected chi connectivity index (χ3v) is 2.88. The minimum absolute atomic E-state index is 0.350. The summed E-state index contributed by atoms with van der Waals surface area (Å²) in [6.45, 7) is 0. The van der Waals surface area contributed by atoms with Crippen molar-refractivity contribution in [1.82, 2.24) is 9.97 Å². The fraction of sp³-hybridized carbons (Fsp3) is 0. The number of fused-ring (bicyclic) bond motifs is 1. The van der Waals surface area contributed by atoms with Crippen LogP contribution in [-0.4, -0.2) is 27.1 Å². The van der Waals surface area contributed by atoms with Crippen LogP contribution in [0.1, 0.15) is 0 Å². The Morgan fingerprint density at radius 2 is 1.78 bits per heavy atom. The number of hydrogen-bond acceptors (Lipinski definition) is 3. The van der Waals surface area contributed by atoms with Gasteiger partial charge in [0.25, 0.3) is 0 Å². The first-order valence-corrected chi connectivity index (χ1v) is 5.64. The van der Waals surface area contributed by atoms with Crippen molar-refractivity contribution < 1.29 is 10.0 Å². The van der Waals surface area contributed by atoms with Gasteiger partial charge in [0.1, 0.15) is 5.65 Å². The zero-order valence-corrected chi connectivity index (χ0v) is 9.54. The number of aromatic nitrogens is 2. The zero-order valence-electron chi connectivity index (χ0n) is 9.54. The number of benzene rings is 1. The summed E-state index contributed by atoms with van der Waals surface area (Å²) in [5.74, 6) is 0. The SMILES string of the molecule is OB(O)c1cc2cc(-c3ccccc3)cnc2[nH]1. The first-order chi connectivity index (χ1) is 8.74. The number of nitrogens with zero attached hydrogens (tertiary/aromatic N) is 1. The van der Waals surface area contributed by atoms with Crippen LogP contribution in [0.25, 0.3) is 22.2 Å². The maximum absolute atomic E-state index is 9.11. The van der Waals surface area contributed by atoms with Gasteiger partial charge in [-0.1, -0.05) is 30.3 Å². The van der Waals surface area contributed by atoms with Crippen LogP contribution < -0.4 is 5.59 Å². The lowest BCUT2D eigenvalue weighted by atomic mass is 9.86. The van der Waals surface area contributed by atoms with E-state index in [2.05, 4.69) is 9.97 Å². The monoisotopic (exact) mass is 238 g/mol. The Kier molecular flexibility index (Phi) is 2.62. The molecule has 0 aliphatic rings. The van der Waals surface area contributed by atoms with Gasteiger partial charge in [0, 0.05) is 22.7 Å². The summed E-state index contributed by atoms with van der Waals surface area (Å²) in [5, 5.41) is 19.1. The molecule has 1 aromatic carbocycles. The van der Waals surface area contributed by atoms with E-state index in [1.807, 2.05) is 36.4 Å². The Morgan fingerprint density at radius 3 is 2.50 bits per heavy atom. The average Bonchev–Trinajstić information content (AvgIpc) is 2.82. The van der Waals surface area contributed by atoms with Crippen molar-refractivity contribution in [2.75, 3.05) is 0 Å². The van der Waals surface area contributed by atoms with Crippen LogP contribution in [0.15, 0.2) is 48.7 Å². The van der Waals surface area contributed by atoms with Crippen LogP contribution in [0.5, 0.6) is 0 Å². The molecule has 0 aliphatic carbocycles. The van der Waals surface area contributed by atoms with Crippen LogP contribution in [-0.2, 0) is 0 Å². The van der Waals surface area contributed by atoms with Gasteiger partial charge in [-0.15, -0.1) is 0 Å². The molecular formula is C13H11BN2O2. The van der Waals surface area contributed by atoms with Gasteiger partial charge >= 0.3 is 7.12 Å². The second-order valence-electron chi connectivity index (χ2n) is 4.13. The van der Waals surface area contributed by atoms with E-state index >= 15 is 0 Å². The standard InChI is InChI=1S/C13H11BN2O2/c17-14(18)12-7-10-6-11(8-15-13(10)16-12)9-4-2-1-3-5-9/h1-8,17-18H,(H,15,16). The van der Waals surface area contributed by atoms with Crippen LogP contribution in [0.3, 0.4) is 0 Å². The number of hydrogen-bond donors (Lipinski definition) is 3. The van der Waals surface area contributed by atoms with E-state index in [1.54, 1.807) is 12.3 Å². The molecule has 0 bridgehead atoms. The number of nitrogens with one attached hydrogen (secondary N) is 1. The minimum atomic E-state index is -1.50. The van der Waals surface area contributed by atoms with E-state index in [9.17, 15) is 0 Å².